The first-order valence-electron chi connectivity index (χ1n) is 4.67. The van der Waals surface area contributed by atoms with Crippen LogP contribution in [0.2, 0.25) is 0 Å². The third kappa shape index (κ3) is 4.04. The summed E-state index contributed by atoms with van der Waals surface area (Å²) in [5.41, 5.74) is -1.86. The van der Waals surface area contributed by atoms with Crippen molar-refractivity contribution in [3.8, 4) is 0 Å². The number of halogens is 5. The number of hydrogen-bond acceptors (Lipinski definition) is 3. The van der Waals surface area contributed by atoms with Crippen LogP contribution >= 0.6 is 0 Å². The topological polar surface area (TPSA) is 63.6 Å². The fourth-order valence-electron chi connectivity index (χ4n) is 0.910. The van der Waals surface area contributed by atoms with Crippen LogP contribution in [0.3, 0.4) is 0 Å². The maximum atomic E-state index is 12.6. The standard InChI is InChI=1S/C7HF5O2.C4H6O2/c8-2-1(7(13)14)3(9)5(11)6(12)4(2)10;1-3-6-4(2)5/h(H,13,14);3H,1H2,2H3. The van der Waals surface area contributed by atoms with Gasteiger partial charge in [0, 0.05) is 6.92 Å². The van der Waals surface area contributed by atoms with E-state index in [1.165, 1.54) is 6.92 Å². The Hall–Kier alpha value is -2.45. The molecule has 0 saturated heterocycles. The van der Waals surface area contributed by atoms with Gasteiger partial charge in [-0.15, -0.1) is 0 Å². The van der Waals surface area contributed by atoms with Gasteiger partial charge in [0.15, 0.2) is 23.3 Å². The average Bonchev–Trinajstić information content (AvgIpc) is 2.34. The number of carbonyl (C=O) groups is 2. The molecule has 1 aromatic rings. The lowest BCUT2D eigenvalue weighted by molar-refractivity contribution is -0.135. The Morgan fingerprint density at radius 2 is 1.35 bits per heavy atom. The Balaban J connectivity index is 0.000000511. The Morgan fingerprint density at radius 3 is 1.55 bits per heavy atom. The van der Waals surface area contributed by atoms with E-state index in [2.05, 4.69) is 11.3 Å². The molecule has 9 heteroatoms. The summed E-state index contributed by atoms with van der Waals surface area (Å²) in [6, 6.07) is 0. The maximum Gasteiger partial charge on any atom is 0.341 e. The molecule has 0 unspecified atom stereocenters. The average molecular weight is 298 g/mol. The molecule has 4 nitrogen and oxygen atoms in total. The molecular formula is C11H7F5O4. The van der Waals surface area contributed by atoms with Gasteiger partial charge in [0.25, 0.3) is 0 Å². The van der Waals surface area contributed by atoms with Crippen LogP contribution in [0.5, 0.6) is 0 Å². The summed E-state index contributed by atoms with van der Waals surface area (Å²) in [6.45, 7) is 4.48. The van der Waals surface area contributed by atoms with Gasteiger partial charge < -0.3 is 9.84 Å². The maximum absolute atomic E-state index is 12.6. The molecule has 0 aliphatic carbocycles. The first-order valence-corrected chi connectivity index (χ1v) is 4.67. The molecule has 110 valence electrons. The predicted octanol–water partition coefficient (Wildman–Crippen LogP) is 2.77. The molecule has 20 heavy (non-hydrogen) atoms. The zero-order chi connectivity index (χ0) is 16.0. The van der Waals surface area contributed by atoms with Gasteiger partial charge in [0.1, 0.15) is 5.56 Å². The molecule has 0 bridgehead atoms. The second-order valence-corrected chi connectivity index (χ2v) is 3.03. The third-order valence-corrected chi connectivity index (χ3v) is 1.67. The molecule has 0 atom stereocenters. The number of hydrogen-bond donors (Lipinski definition) is 1. The zero-order valence-electron chi connectivity index (χ0n) is 9.85. The van der Waals surface area contributed by atoms with Crippen molar-refractivity contribution in [3.05, 3.63) is 47.5 Å². The van der Waals surface area contributed by atoms with Crippen molar-refractivity contribution >= 4 is 11.9 Å². The highest BCUT2D eigenvalue weighted by Crippen LogP contribution is 2.22. The van der Waals surface area contributed by atoms with E-state index in [4.69, 9.17) is 5.11 Å². The number of carboxylic acids is 1. The van der Waals surface area contributed by atoms with Crippen LogP contribution in [0.1, 0.15) is 17.3 Å². The van der Waals surface area contributed by atoms with Crippen molar-refractivity contribution in [2.45, 2.75) is 6.92 Å². The van der Waals surface area contributed by atoms with Gasteiger partial charge in [0.2, 0.25) is 5.82 Å². The first kappa shape index (κ1) is 17.6. The molecule has 0 saturated carbocycles. The summed E-state index contributed by atoms with van der Waals surface area (Å²) < 4.78 is 66.3. The van der Waals surface area contributed by atoms with Gasteiger partial charge in [-0.05, 0) is 0 Å². The first-order chi connectivity index (χ1) is 9.14. The Labute approximate surface area is 109 Å². The highest BCUT2D eigenvalue weighted by atomic mass is 19.2. The van der Waals surface area contributed by atoms with Crippen LogP contribution in [0.25, 0.3) is 0 Å². The van der Waals surface area contributed by atoms with Crippen molar-refractivity contribution in [1.29, 1.82) is 0 Å². The minimum absolute atomic E-state index is 0.329. The molecule has 0 aliphatic rings. The number of rotatable bonds is 2. The third-order valence-electron chi connectivity index (χ3n) is 1.67. The molecule has 0 spiro atoms. The van der Waals surface area contributed by atoms with Gasteiger partial charge in [0.05, 0.1) is 6.26 Å². The predicted molar refractivity (Wildman–Crippen MR) is 55.2 cm³/mol. The van der Waals surface area contributed by atoms with Crippen molar-refractivity contribution in [3.63, 3.8) is 0 Å². The molecule has 1 rings (SSSR count). The SMILES string of the molecule is C=COC(C)=O.O=C(O)c1c(F)c(F)c(F)c(F)c1F. The molecule has 0 amide bonds. The van der Waals surface area contributed by atoms with Gasteiger partial charge in [-0.25, -0.2) is 26.7 Å². The van der Waals surface area contributed by atoms with Crippen LogP contribution in [-0.2, 0) is 9.53 Å². The van der Waals surface area contributed by atoms with E-state index >= 15 is 0 Å². The smallest absolute Gasteiger partial charge is 0.341 e. The molecule has 0 aromatic heterocycles. The van der Waals surface area contributed by atoms with Gasteiger partial charge >= 0.3 is 11.9 Å². The summed E-state index contributed by atoms with van der Waals surface area (Å²) >= 11 is 0. The molecule has 1 N–H and O–H groups in total. The Morgan fingerprint density at radius 1 is 1.00 bits per heavy atom. The Kier molecular flexibility index (Phi) is 6.33. The quantitative estimate of drug-likeness (QED) is 0.300. The second kappa shape index (κ2) is 7.22. The number of esters is 1. The largest absolute Gasteiger partial charge is 0.477 e. The molecule has 1 aromatic carbocycles. The normalized spacial score (nSPS) is 9.30. The monoisotopic (exact) mass is 298 g/mol. The highest BCUT2D eigenvalue weighted by molar-refractivity contribution is 5.88. The van der Waals surface area contributed by atoms with Crippen LogP contribution in [0.15, 0.2) is 12.8 Å². The molecule has 0 aliphatic heterocycles. The van der Waals surface area contributed by atoms with Crippen molar-refractivity contribution in [2.75, 3.05) is 0 Å². The van der Waals surface area contributed by atoms with Gasteiger partial charge in [-0.2, -0.15) is 0 Å². The number of carbonyl (C=O) groups excluding carboxylic acids is 1. The summed E-state index contributed by atoms with van der Waals surface area (Å²) in [6.07, 6.45) is 1.10. The number of benzene rings is 1. The highest BCUT2D eigenvalue weighted by Gasteiger charge is 2.29. The van der Waals surface area contributed by atoms with Crippen molar-refractivity contribution in [2.24, 2.45) is 0 Å². The van der Waals surface area contributed by atoms with E-state index in [0.29, 0.717) is 0 Å². The fraction of sp³-hybridized carbons (Fsp3) is 0.0909. The molecular weight excluding hydrogens is 291 g/mol. The van der Waals surface area contributed by atoms with Crippen molar-refractivity contribution in [1.82, 2.24) is 0 Å². The van der Waals surface area contributed by atoms with E-state index in [9.17, 15) is 31.5 Å². The van der Waals surface area contributed by atoms with Gasteiger partial charge in [-0.3, -0.25) is 4.79 Å². The molecule has 0 heterocycles. The molecule has 0 radical (unpaired) electrons. The summed E-state index contributed by atoms with van der Waals surface area (Å²) in [5, 5.41) is 8.15. The van der Waals surface area contributed by atoms with E-state index in [-0.39, 0.29) is 5.97 Å². The van der Waals surface area contributed by atoms with Crippen LogP contribution in [-0.4, -0.2) is 17.0 Å². The van der Waals surface area contributed by atoms with Crippen LogP contribution in [0.4, 0.5) is 22.0 Å². The number of carboxylic acid groups (broad SMARTS) is 1. The minimum atomic E-state index is -2.38. The summed E-state index contributed by atoms with van der Waals surface area (Å²) in [7, 11) is 0. The number of ether oxygens (including phenoxy) is 1. The fourth-order valence-corrected chi connectivity index (χ4v) is 0.910. The minimum Gasteiger partial charge on any atom is -0.477 e. The van der Waals surface area contributed by atoms with E-state index in [1.807, 2.05) is 0 Å². The molecule has 0 fully saturated rings. The summed E-state index contributed by atoms with van der Waals surface area (Å²) in [5.74, 6) is -14.2. The van der Waals surface area contributed by atoms with Crippen LogP contribution in [0, 0.1) is 29.1 Å². The lowest BCUT2D eigenvalue weighted by Crippen LogP contribution is -2.11. The van der Waals surface area contributed by atoms with E-state index in [1.54, 1.807) is 0 Å². The number of aromatic carboxylic acids is 1. The second-order valence-electron chi connectivity index (χ2n) is 3.03. The van der Waals surface area contributed by atoms with E-state index < -0.39 is 40.6 Å². The van der Waals surface area contributed by atoms with Crippen molar-refractivity contribution < 1.29 is 41.4 Å². The van der Waals surface area contributed by atoms with E-state index in [0.717, 1.165) is 6.26 Å². The lowest BCUT2D eigenvalue weighted by atomic mass is 10.1. The Bertz CT molecular complexity index is 527. The zero-order valence-corrected chi connectivity index (χ0v) is 9.85. The lowest BCUT2D eigenvalue weighted by Gasteiger charge is -2.03. The van der Waals surface area contributed by atoms with Crippen LogP contribution < -0.4 is 0 Å². The van der Waals surface area contributed by atoms with Gasteiger partial charge in [-0.1, -0.05) is 6.58 Å². The summed E-state index contributed by atoms with van der Waals surface area (Å²) in [4.78, 5) is 19.9.